The average molecular weight is 531 g/mol. The Morgan fingerprint density at radius 2 is 0.762 bits per heavy atom. The van der Waals surface area contributed by atoms with Crippen LogP contribution < -0.4 is 0 Å². The van der Waals surface area contributed by atoms with Gasteiger partial charge >= 0.3 is 0 Å². The zero-order valence-corrected chi connectivity index (χ0v) is 23.0. The van der Waals surface area contributed by atoms with Crippen molar-refractivity contribution in [3.63, 3.8) is 0 Å². The van der Waals surface area contributed by atoms with E-state index in [4.69, 9.17) is 0 Å². The van der Waals surface area contributed by atoms with Gasteiger partial charge in [-0.2, -0.15) is 0 Å². The van der Waals surface area contributed by atoms with E-state index in [0.717, 1.165) is 0 Å². The van der Waals surface area contributed by atoms with Gasteiger partial charge in [0.05, 0.1) is 0 Å². The Morgan fingerprint density at radius 3 is 1.43 bits per heavy atom. The molecule has 9 aromatic rings. The maximum atomic E-state index is 2.43. The molecular formula is C42H26. The smallest absolute Gasteiger partial charge is 0.00206 e. The molecular weight excluding hydrogens is 504 g/mol. The Bertz CT molecular complexity index is 2420. The van der Waals surface area contributed by atoms with Gasteiger partial charge in [-0.05, 0) is 93.3 Å². The van der Waals surface area contributed by atoms with Crippen LogP contribution >= 0.6 is 0 Å². The van der Waals surface area contributed by atoms with Crippen LogP contribution in [0.1, 0.15) is 0 Å². The van der Waals surface area contributed by atoms with Crippen LogP contribution in [-0.2, 0) is 0 Å². The summed E-state index contributed by atoms with van der Waals surface area (Å²) in [4.78, 5) is 0. The van der Waals surface area contributed by atoms with E-state index < -0.39 is 0 Å². The third-order valence-electron chi connectivity index (χ3n) is 8.99. The van der Waals surface area contributed by atoms with Gasteiger partial charge in [-0.3, -0.25) is 0 Å². The molecule has 0 aliphatic carbocycles. The van der Waals surface area contributed by atoms with Crippen LogP contribution in [0.4, 0.5) is 0 Å². The lowest BCUT2D eigenvalue weighted by Crippen LogP contribution is -1.92. The Balaban J connectivity index is 1.42. The quantitative estimate of drug-likeness (QED) is 0.157. The summed E-state index contributed by atoms with van der Waals surface area (Å²) < 4.78 is 0. The molecule has 0 saturated carbocycles. The topological polar surface area (TPSA) is 0 Å². The predicted octanol–water partition coefficient (Wildman–Crippen LogP) is 11.9. The van der Waals surface area contributed by atoms with E-state index in [-0.39, 0.29) is 0 Å². The van der Waals surface area contributed by atoms with Crippen LogP contribution in [0, 0.1) is 0 Å². The van der Waals surface area contributed by atoms with Crippen molar-refractivity contribution in [1.82, 2.24) is 0 Å². The Kier molecular flexibility index (Phi) is 5.00. The van der Waals surface area contributed by atoms with Crippen LogP contribution in [0.5, 0.6) is 0 Å². The molecule has 42 heavy (non-hydrogen) atoms. The molecule has 9 aromatic carbocycles. The summed E-state index contributed by atoms with van der Waals surface area (Å²) in [6, 6.07) is 58.0. The zero-order chi connectivity index (χ0) is 27.6. The second-order valence-corrected chi connectivity index (χ2v) is 11.3. The standard InChI is InChI=1S/C42H26/c1-3-10-27(11-4-1)40-34-16-7-8-17-35(34)41(28-12-5-2-6-13-28)38-26-32(22-25-37(38)40)33-23-20-31-19-18-29-14-9-15-30-21-24-36(33)42(31)39(29)30/h1-26H. The normalized spacial score (nSPS) is 11.8. The van der Waals surface area contributed by atoms with Gasteiger partial charge in [0.25, 0.3) is 0 Å². The minimum absolute atomic E-state index is 1.24. The van der Waals surface area contributed by atoms with Crippen molar-refractivity contribution in [2.75, 3.05) is 0 Å². The molecule has 0 amide bonds. The first-order valence-electron chi connectivity index (χ1n) is 14.6. The van der Waals surface area contributed by atoms with Crippen LogP contribution in [-0.4, -0.2) is 0 Å². The molecule has 0 heterocycles. The number of benzene rings is 9. The van der Waals surface area contributed by atoms with Crippen molar-refractivity contribution in [3.8, 4) is 33.4 Å². The van der Waals surface area contributed by atoms with Gasteiger partial charge in [-0.15, -0.1) is 0 Å². The third-order valence-corrected chi connectivity index (χ3v) is 8.99. The molecule has 0 spiro atoms. The molecule has 194 valence electrons. The minimum atomic E-state index is 1.24. The van der Waals surface area contributed by atoms with Crippen molar-refractivity contribution in [2.24, 2.45) is 0 Å². The molecule has 0 unspecified atom stereocenters. The van der Waals surface area contributed by atoms with E-state index in [2.05, 4.69) is 158 Å². The second-order valence-electron chi connectivity index (χ2n) is 11.3. The Hall–Kier alpha value is -5.46. The molecule has 0 fully saturated rings. The molecule has 0 aliphatic heterocycles. The van der Waals surface area contributed by atoms with Crippen molar-refractivity contribution in [3.05, 3.63) is 158 Å². The lowest BCUT2D eigenvalue weighted by molar-refractivity contribution is 1.64. The highest BCUT2D eigenvalue weighted by Gasteiger charge is 2.18. The average Bonchev–Trinajstić information content (AvgIpc) is 3.06. The van der Waals surface area contributed by atoms with Crippen molar-refractivity contribution >= 4 is 53.9 Å². The number of rotatable bonds is 3. The summed E-state index contributed by atoms with van der Waals surface area (Å²) in [7, 11) is 0. The van der Waals surface area contributed by atoms with Gasteiger partial charge in [0.15, 0.2) is 0 Å². The molecule has 0 aromatic heterocycles. The second kappa shape index (κ2) is 9.03. The SMILES string of the molecule is c1ccc(-c2c3ccccc3c(-c3ccccc3)c3cc(-c4ccc5ccc6cccc7ccc4c5c67)ccc23)cc1. The molecule has 0 nitrogen and oxygen atoms in total. The molecule has 0 N–H and O–H groups in total. The Morgan fingerprint density at radius 1 is 0.262 bits per heavy atom. The lowest BCUT2D eigenvalue weighted by Gasteiger charge is -2.19. The van der Waals surface area contributed by atoms with Gasteiger partial charge in [0.2, 0.25) is 0 Å². The lowest BCUT2D eigenvalue weighted by atomic mass is 9.84. The number of hydrogen-bond acceptors (Lipinski definition) is 0. The summed E-state index contributed by atoms with van der Waals surface area (Å²) in [5.41, 5.74) is 7.59. The van der Waals surface area contributed by atoms with Crippen LogP contribution in [0.15, 0.2) is 158 Å². The molecule has 0 saturated heterocycles. The van der Waals surface area contributed by atoms with Crippen molar-refractivity contribution < 1.29 is 0 Å². The number of hydrogen-bond donors (Lipinski definition) is 0. The van der Waals surface area contributed by atoms with E-state index in [1.807, 2.05) is 0 Å². The fourth-order valence-corrected chi connectivity index (χ4v) is 7.16. The summed E-state index contributed by atoms with van der Waals surface area (Å²) in [5, 5.41) is 13.0. The monoisotopic (exact) mass is 530 g/mol. The van der Waals surface area contributed by atoms with E-state index in [9.17, 15) is 0 Å². The highest BCUT2D eigenvalue weighted by Crippen LogP contribution is 2.46. The maximum absolute atomic E-state index is 2.43. The first-order chi connectivity index (χ1) is 20.8. The molecule has 0 bridgehead atoms. The van der Waals surface area contributed by atoms with Crippen molar-refractivity contribution in [2.45, 2.75) is 0 Å². The van der Waals surface area contributed by atoms with E-state index in [1.54, 1.807) is 0 Å². The zero-order valence-electron chi connectivity index (χ0n) is 23.0. The largest absolute Gasteiger partial charge is 0.0622 e. The predicted molar refractivity (Wildman–Crippen MR) is 181 cm³/mol. The van der Waals surface area contributed by atoms with Crippen LogP contribution in [0.3, 0.4) is 0 Å². The molecule has 0 heteroatoms. The molecule has 9 rings (SSSR count). The minimum Gasteiger partial charge on any atom is -0.0622 e. The molecule has 0 radical (unpaired) electrons. The van der Waals surface area contributed by atoms with Gasteiger partial charge < -0.3 is 0 Å². The summed E-state index contributed by atoms with van der Waals surface area (Å²) in [6.45, 7) is 0. The van der Waals surface area contributed by atoms with E-state index in [0.29, 0.717) is 0 Å². The summed E-state index contributed by atoms with van der Waals surface area (Å²) in [5.74, 6) is 0. The van der Waals surface area contributed by atoms with Crippen molar-refractivity contribution in [1.29, 1.82) is 0 Å². The highest BCUT2D eigenvalue weighted by molar-refractivity contribution is 6.26. The van der Waals surface area contributed by atoms with E-state index >= 15 is 0 Å². The van der Waals surface area contributed by atoms with Gasteiger partial charge in [-0.1, -0.05) is 152 Å². The molecule has 0 atom stereocenters. The summed E-state index contributed by atoms with van der Waals surface area (Å²) in [6.07, 6.45) is 0. The van der Waals surface area contributed by atoms with E-state index in [1.165, 1.54) is 87.2 Å². The molecule has 0 aliphatic rings. The fourth-order valence-electron chi connectivity index (χ4n) is 7.16. The van der Waals surface area contributed by atoms with Gasteiger partial charge in [0.1, 0.15) is 0 Å². The third kappa shape index (κ3) is 3.36. The van der Waals surface area contributed by atoms with Gasteiger partial charge in [0, 0.05) is 0 Å². The Labute approximate surface area is 244 Å². The van der Waals surface area contributed by atoms with Crippen LogP contribution in [0.25, 0.3) is 87.2 Å². The maximum Gasteiger partial charge on any atom is -0.00206 e. The van der Waals surface area contributed by atoms with Crippen LogP contribution in [0.2, 0.25) is 0 Å². The number of fused-ring (bicyclic) bond motifs is 2. The summed E-state index contributed by atoms with van der Waals surface area (Å²) >= 11 is 0. The first-order valence-corrected chi connectivity index (χ1v) is 14.6. The highest BCUT2D eigenvalue weighted by atomic mass is 14.2. The van der Waals surface area contributed by atoms with Gasteiger partial charge in [-0.25, -0.2) is 0 Å². The fraction of sp³-hybridized carbons (Fsp3) is 0. The first kappa shape index (κ1) is 23.3.